The summed E-state index contributed by atoms with van der Waals surface area (Å²) in [5, 5.41) is 0. The lowest BCUT2D eigenvalue weighted by Gasteiger charge is -2.22. The van der Waals surface area contributed by atoms with Gasteiger partial charge in [0.05, 0.1) is 12.9 Å². The summed E-state index contributed by atoms with van der Waals surface area (Å²) in [6.45, 7) is 8.33. The third-order valence-electron chi connectivity index (χ3n) is 2.28. The summed E-state index contributed by atoms with van der Waals surface area (Å²) in [5.41, 5.74) is 1.22. The van der Waals surface area contributed by atoms with Crippen molar-refractivity contribution in [3.8, 4) is 0 Å². The van der Waals surface area contributed by atoms with E-state index in [9.17, 15) is 0 Å². The minimum absolute atomic E-state index is 0.274. The van der Waals surface area contributed by atoms with Gasteiger partial charge in [0.25, 0.3) is 0 Å². The second-order valence-corrected chi connectivity index (χ2v) is 3.27. The van der Waals surface area contributed by atoms with Crippen molar-refractivity contribution < 1.29 is 9.47 Å². The molecule has 0 heterocycles. The summed E-state index contributed by atoms with van der Waals surface area (Å²) >= 11 is 0. The highest BCUT2D eigenvalue weighted by atomic mass is 16.7. The first-order valence-corrected chi connectivity index (χ1v) is 5.48. The zero-order valence-electron chi connectivity index (χ0n) is 9.76. The molecule has 0 fully saturated rings. The Balaban J connectivity index is 2.30. The minimum atomic E-state index is 0.274. The molecule has 88 valence electrons. The van der Waals surface area contributed by atoms with Gasteiger partial charge < -0.3 is 14.4 Å². The zero-order chi connectivity index (χ0) is 11.6. The van der Waals surface area contributed by atoms with Gasteiger partial charge in [-0.3, -0.25) is 0 Å². The third-order valence-corrected chi connectivity index (χ3v) is 2.28. The molecule has 0 aliphatic heterocycles. The molecule has 0 unspecified atom stereocenters. The summed E-state index contributed by atoms with van der Waals surface area (Å²) in [6.07, 6.45) is 1.38. The van der Waals surface area contributed by atoms with Gasteiger partial charge in [-0.1, -0.05) is 24.8 Å². The van der Waals surface area contributed by atoms with Crippen molar-refractivity contribution in [2.75, 3.05) is 31.4 Å². The van der Waals surface area contributed by atoms with Gasteiger partial charge in [0.1, 0.15) is 0 Å². The quantitative estimate of drug-likeness (QED) is 0.382. The van der Waals surface area contributed by atoms with E-state index in [-0.39, 0.29) is 6.79 Å². The average molecular weight is 221 g/mol. The van der Waals surface area contributed by atoms with E-state index in [2.05, 4.69) is 30.5 Å². The van der Waals surface area contributed by atoms with Crippen LogP contribution in [0.25, 0.3) is 0 Å². The fourth-order valence-electron chi connectivity index (χ4n) is 1.44. The van der Waals surface area contributed by atoms with Crippen molar-refractivity contribution in [3.63, 3.8) is 0 Å². The van der Waals surface area contributed by atoms with E-state index in [0.717, 1.165) is 13.1 Å². The zero-order valence-corrected chi connectivity index (χ0v) is 9.76. The highest BCUT2D eigenvalue weighted by Gasteiger charge is 2.02. The van der Waals surface area contributed by atoms with Crippen molar-refractivity contribution in [2.45, 2.75) is 6.92 Å². The van der Waals surface area contributed by atoms with Crippen LogP contribution in [-0.2, 0) is 9.47 Å². The molecule has 16 heavy (non-hydrogen) atoms. The lowest BCUT2D eigenvalue weighted by atomic mass is 10.3. The smallest absolute Gasteiger partial charge is 0.188 e. The molecule has 0 N–H and O–H groups in total. The van der Waals surface area contributed by atoms with Crippen LogP contribution in [0.3, 0.4) is 0 Å². The van der Waals surface area contributed by atoms with E-state index in [1.165, 1.54) is 11.9 Å². The van der Waals surface area contributed by atoms with Crippen molar-refractivity contribution in [2.24, 2.45) is 0 Å². The Hall–Kier alpha value is -1.48. The average Bonchev–Trinajstić information content (AvgIpc) is 2.35. The highest BCUT2D eigenvalue weighted by molar-refractivity contribution is 5.45. The Kier molecular flexibility index (Phi) is 6.11. The second-order valence-electron chi connectivity index (χ2n) is 3.27. The number of para-hydroxylation sites is 1. The maximum Gasteiger partial charge on any atom is 0.188 e. The van der Waals surface area contributed by atoms with Crippen LogP contribution >= 0.6 is 0 Å². The van der Waals surface area contributed by atoms with E-state index < -0.39 is 0 Å². The van der Waals surface area contributed by atoms with Gasteiger partial charge in [0.15, 0.2) is 6.79 Å². The van der Waals surface area contributed by atoms with Gasteiger partial charge in [-0.15, -0.1) is 0 Å². The molecule has 0 aromatic heterocycles. The molecule has 1 rings (SSSR count). The predicted molar refractivity (Wildman–Crippen MR) is 66.4 cm³/mol. The van der Waals surface area contributed by atoms with Crippen LogP contribution in [0.4, 0.5) is 5.69 Å². The first-order valence-electron chi connectivity index (χ1n) is 5.48. The van der Waals surface area contributed by atoms with Gasteiger partial charge in [-0.2, -0.15) is 0 Å². The Morgan fingerprint density at radius 1 is 1.31 bits per heavy atom. The molecule has 0 atom stereocenters. The van der Waals surface area contributed by atoms with Crippen LogP contribution in [0, 0.1) is 0 Å². The lowest BCUT2D eigenvalue weighted by Crippen LogP contribution is -2.27. The number of benzene rings is 1. The van der Waals surface area contributed by atoms with Gasteiger partial charge >= 0.3 is 0 Å². The van der Waals surface area contributed by atoms with Crippen LogP contribution in [0.15, 0.2) is 43.2 Å². The Morgan fingerprint density at radius 3 is 2.69 bits per heavy atom. The molecular formula is C13H19NO2. The molecule has 1 aromatic rings. The summed E-state index contributed by atoms with van der Waals surface area (Å²) in [5.74, 6) is 0. The fraction of sp³-hybridized carbons (Fsp3) is 0.385. The predicted octanol–water partition coefficient (Wildman–Crippen LogP) is 2.65. The maximum atomic E-state index is 5.29. The summed E-state index contributed by atoms with van der Waals surface area (Å²) in [4.78, 5) is 2.26. The molecule has 0 aliphatic rings. The van der Waals surface area contributed by atoms with E-state index in [0.29, 0.717) is 6.61 Å². The minimum Gasteiger partial charge on any atom is -0.476 e. The molecular weight excluding hydrogens is 202 g/mol. The molecule has 0 spiro atoms. The molecule has 0 amide bonds. The van der Waals surface area contributed by atoms with E-state index in [4.69, 9.17) is 9.47 Å². The van der Waals surface area contributed by atoms with Crippen molar-refractivity contribution in [1.82, 2.24) is 0 Å². The second kappa shape index (κ2) is 7.77. The number of rotatable bonds is 8. The Labute approximate surface area is 97.3 Å². The number of hydrogen-bond donors (Lipinski definition) is 0. The van der Waals surface area contributed by atoms with E-state index in [1.54, 1.807) is 0 Å². The van der Waals surface area contributed by atoms with Crippen LogP contribution < -0.4 is 4.90 Å². The number of ether oxygens (including phenoxy) is 2. The first-order chi connectivity index (χ1) is 7.88. The number of nitrogens with zero attached hydrogens (tertiary/aromatic N) is 1. The molecule has 3 nitrogen and oxygen atoms in total. The Bertz CT molecular complexity index is 287. The van der Waals surface area contributed by atoms with Crippen LogP contribution in [0.2, 0.25) is 0 Å². The standard InChI is InChI=1S/C13H19NO2/c1-3-14(10-11-16-12-15-4-2)13-8-6-5-7-9-13/h4-9H,2-3,10-12H2,1H3. The molecule has 1 aromatic carbocycles. The maximum absolute atomic E-state index is 5.29. The SMILES string of the molecule is C=COCOCCN(CC)c1ccccc1. The lowest BCUT2D eigenvalue weighted by molar-refractivity contribution is -0.00761. The molecule has 0 aliphatic carbocycles. The number of likely N-dealkylation sites (N-methyl/N-ethyl adjacent to an activating group) is 1. The summed E-state index contributed by atoms with van der Waals surface area (Å²) in [7, 11) is 0. The van der Waals surface area contributed by atoms with Gasteiger partial charge in [-0.25, -0.2) is 0 Å². The van der Waals surface area contributed by atoms with Crippen molar-refractivity contribution >= 4 is 5.69 Å². The molecule has 0 radical (unpaired) electrons. The number of hydrogen-bond acceptors (Lipinski definition) is 3. The Morgan fingerprint density at radius 2 is 2.06 bits per heavy atom. The molecule has 0 saturated heterocycles. The van der Waals surface area contributed by atoms with Crippen molar-refractivity contribution in [1.29, 1.82) is 0 Å². The van der Waals surface area contributed by atoms with E-state index >= 15 is 0 Å². The fourth-order valence-corrected chi connectivity index (χ4v) is 1.44. The summed E-state index contributed by atoms with van der Waals surface area (Å²) in [6, 6.07) is 10.3. The third kappa shape index (κ3) is 4.36. The van der Waals surface area contributed by atoms with Gasteiger partial charge in [0.2, 0.25) is 0 Å². The van der Waals surface area contributed by atoms with Crippen molar-refractivity contribution in [3.05, 3.63) is 43.2 Å². The monoisotopic (exact) mass is 221 g/mol. The van der Waals surface area contributed by atoms with Crippen LogP contribution in [0.5, 0.6) is 0 Å². The largest absolute Gasteiger partial charge is 0.476 e. The molecule has 0 bridgehead atoms. The normalized spacial score (nSPS) is 9.81. The van der Waals surface area contributed by atoms with Gasteiger partial charge in [-0.05, 0) is 19.1 Å². The van der Waals surface area contributed by atoms with Crippen LogP contribution in [-0.4, -0.2) is 26.5 Å². The molecule has 0 saturated carbocycles. The summed E-state index contributed by atoms with van der Waals surface area (Å²) < 4.78 is 10.2. The number of anilines is 1. The van der Waals surface area contributed by atoms with Crippen LogP contribution in [0.1, 0.15) is 6.92 Å². The topological polar surface area (TPSA) is 21.7 Å². The first kappa shape index (κ1) is 12.6. The molecule has 3 heteroatoms. The highest BCUT2D eigenvalue weighted by Crippen LogP contribution is 2.11. The van der Waals surface area contributed by atoms with E-state index in [1.807, 2.05) is 18.2 Å². The van der Waals surface area contributed by atoms with Gasteiger partial charge in [0, 0.05) is 18.8 Å².